The normalized spacial score (nSPS) is 16.0. The minimum Gasteiger partial charge on any atom is -0.501 e. The van der Waals surface area contributed by atoms with E-state index in [-0.39, 0.29) is 16.8 Å². The van der Waals surface area contributed by atoms with Gasteiger partial charge in [-0.2, -0.15) is 13.2 Å². The molecule has 0 spiro atoms. The van der Waals surface area contributed by atoms with Gasteiger partial charge in [0.25, 0.3) is 11.8 Å². The molecule has 2 amide bonds. The first-order valence-electron chi connectivity index (χ1n) is 7.81. The van der Waals surface area contributed by atoms with Crippen LogP contribution in [0, 0.1) is 0 Å². The summed E-state index contributed by atoms with van der Waals surface area (Å²) in [5.41, 5.74) is -0.370. The van der Waals surface area contributed by atoms with Crippen LogP contribution in [0.5, 0.6) is 0 Å². The average molecular weight is 361 g/mol. The third kappa shape index (κ3) is 3.08. The van der Waals surface area contributed by atoms with Crippen LogP contribution in [-0.2, 0) is 15.7 Å². The Morgan fingerprint density at radius 1 is 1.00 bits per heavy atom. The van der Waals surface area contributed by atoms with Gasteiger partial charge in [0.15, 0.2) is 0 Å². The van der Waals surface area contributed by atoms with Gasteiger partial charge < -0.3 is 4.74 Å². The lowest BCUT2D eigenvalue weighted by molar-refractivity contribution is -0.137. The Labute approximate surface area is 147 Å². The number of halogens is 3. The highest BCUT2D eigenvalue weighted by Gasteiger charge is 2.37. The summed E-state index contributed by atoms with van der Waals surface area (Å²) < 4.78 is 44.2. The van der Waals surface area contributed by atoms with Gasteiger partial charge in [0.05, 0.1) is 29.7 Å². The first kappa shape index (κ1) is 17.7. The van der Waals surface area contributed by atoms with Gasteiger partial charge in [-0.3, -0.25) is 9.59 Å². The standard InChI is InChI=1S/C19H14F3NO3/c1-2-26-11-16-14-8-3-4-9-15(14)17(24)23(18(16)25)13-7-5-6-12(10-13)19(20,21)22/h3-11H,2H2,1H3. The van der Waals surface area contributed by atoms with E-state index in [4.69, 9.17) is 4.74 Å². The number of alkyl halides is 3. The molecule has 0 saturated heterocycles. The minimum absolute atomic E-state index is 0.111. The Hall–Kier alpha value is -3.09. The third-order valence-electron chi connectivity index (χ3n) is 3.88. The molecule has 0 N–H and O–H groups in total. The summed E-state index contributed by atoms with van der Waals surface area (Å²) in [6, 6.07) is 10.5. The third-order valence-corrected chi connectivity index (χ3v) is 3.88. The molecular formula is C19H14F3NO3. The van der Waals surface area contributed by atoms with Crippen LogP contribution in [0.15, 0.2) is 54.8 Å². The SMILES string of the molecule is CCOC=C1C(=O)N(c2cccc(C(F)(F)F)c2)C(=O)c2ccccc21. The summed E-state index contributed by atoms with van der Waals surface area (Å²) in [4.78, 5) is 26.3. The molecule has 0 bridgehead atoms. The molecule has 4 nitrogen and oxygen atoms in total. The minimum atomic E-state index is -4.58. The Morgan fingerprint density at radius 2 is 1.69 bits per heavy atom. The molecule has 26 heavy (non-hydrogen) atoms. The lowest BCUT2D eigenvalue weighted by Crippen LogP contribution is -2.42. The first-order chi connectivity index (χ1) is 12.3. The fourth-order valence-corrected chi connectivity index (χ4v) is 2.69. The second kappa shape index (κ2) is 6.67. The van der Waals surface area contributed by atoms with Crippen LogP contribution in [0.4, 0.5) is 18.9 Å². The van der Waals surface area contributed by atoms with Gasteiger partial charge in [-0.05, 0) is 31.2 Å². The number of hydrogen-bond acceptors (Lipinski definition) is 3. The fourth-order valence-electron chi connectivity index (χ4n) is 2.69. The molecule has 2 aromatic rings. The van der Waals surface area contributed by atoms with Crippen LogP contribution in [0.25, 0.3) is 5.57 Å². The lowest BCUT2D eigenvalue weighted by Gasteiger charge is -2.28. The van der Waals surface area contributed by atoms with E-state index in [2.05, 4.69) is 0 Å². The predicted octanol–water partition coefficient (Wildman–Crippen LogP) is 4.27. The van der Waals surface area contributed by atoms with Gasteiger partial charge in [-0.1, -0.05) is 24.3 Å². The van der Waals surface area contributed by atoms with Crippen molar-refractivity contribution in [1.82, 2.24) is 0 Å². The molecule has 0 unspecified atom stereocenters. The zero-order chi connectivity index (χ0) is 18.9. The summed E-state index contributed by atoms with van der Waals surface area (Å²) in [6.07, 6.45) is -3.35. The smallest absolute Gasteiger partial charge is 0.416 e. The van der Waals surface area contributed by atoms with Crippen molar-refractivity contribution in [3.8, 4) is 0 Å². The molecule has 3 rings (SSSR count). The van der Waals surface area contributed by atoms with Crippen LogP contribution >= 0.6 is 0 Å². The summed E-state index contributed by atoms with van der Waals surface area (Å²) in [5.74, 6) is -1.42. The van der Waals surface area contributed by atoms with Crippen LogP contribution in [-0.4, -0.2) is 18.4 Å². The number of anilines is 1. The van der Waals surface area contributed by atoms with E-state index >= 15 is 0 Å². The number of benzene rings is 2. The number of hydrogen-bond donors (Lipinski definition) is 0. The molecular weight excluding hydrogens is 347 g/mol. The van der Waals surface area contributed by atoms with Crippen LogP contribution in [0.1, 0.15) is 28.4 Å². The maximum atomic E-state index is 13.0. The van der Waals surface area contributed by atoms with Crippen molar-refractivity contribution >= 4 is 23.1 Å². The van der Waals surface area contributed by atoms with Crippen LogP contribution in [0.2, 0.25) is 0 Å². The van der Waals surface area contributed by atoms with E-state index in [1.807, 2.05) is 0 Å². The fraction of sp³-hybridized carbons (Fsp3) is 0.158. The molecule has 0 atom stereocenters. The highest BCUT2D eigenvalue weighted by Crippen LogP contribution is 2.35. The summed E-state index contributed by atoms with van der Waals surface area (Å²) in [6.45, 7) is 2.03. The van der Waals surface area contributed by atoms with Crippen molar-refractivity contribution in [3.05, 3.63) is 71.5 Å². The Bertz CT molecular complexity index is 903. The highest BCUT2D eigenvalue weighted by molar-refractivity contribution is 6.40. The van der Waals surface area contributed by atoms with Crippen molar-refractivity contribution in [3.63, 3.8) is 0 Å². The van der Waals surface area contributed by atoms with E-state index in [1.165, 1.54) is 18.4 Å². The summed E-state index contributed by atoms with van der Waals surface area (Å²) in [5, 5.41) is 0. The maximum absolute atomic E-state index is 13.0. The van der Waals surface area contributed by atoms with E-state index in [1.54, 1.807) is 25.1 Å². The molecule has 0 aliphatic carbocycles. The molecule has 1 aliphatic rings. The van der Waals surface area contributed by atoms with Gasteiger partial charge in [0.2, 0.25) is 0 Å². The number of amides is 2. The first-order valence-corrected chi connectivity index (χ1v) is 7.81. The van der Waals surface area contributed by atoms with Crippen molar-refractivity contribution in [2.75, 3.05) is 11.5 Å². The zero-order valence-corrected chi connectivity index (χ0v) is 13.7. The molecule has 1 aliphatic heterocycles. The van der Waals surface area contributed by atoms with E-state index < -0.39 is 23.6 Å². The second-order valence-electron chi connectivity index (χ2n) is 5.53. The molecule has 0 saturated carbocycles. The molecule has 1 heterocycles. The van der Waals surface area contributed by atoms with Crippen molar-refractivity contribution < 1.29 is 27.5 Å². The number of rotatable bonds is 3. The van der Waals surface area contributed by atoms with E-state index in [0.717, 1.165) is 23.1 Å². The summed E-state index contributed by atoms with van der Waals surface area (Å²) >= 11 is 0. The number of carbonyl (C=O) groups is 2. The van der Waals surface area contributed by atoms with Crippen molar-refractivity contribution in [2.45, 2.75) is 13.1 Å². The van der Waals surface area contributed by atoms with Crippen molar-refractivity contribution in [1.29, 1.82) is 0 Å². The van der Waals surface area contributed by atoms with Gasteiger partial charge in [-0.15, -0.1) is 0 Å². The Morgan fingerprint density at radius 3 is 2.35 bits per heavy atom. The maximum Gasteiger partial charge on any atom is 0.416 e. The lowest BCUT2D eigenvalue weighted by atomic mass is 9.94. The quantitative estimate of drug-likeness (QED) is 0.466. The Kier molecular flexibility index (Phi) is 4.54. The number of fused-ring (bicyclic) bond motifs is 1. The van der Waals surface area contributed by atoms with Crippen LogP contribution < -0.4 is 4.90 Å². The summed E-state index contributed by atoms with van der Waals surface area (Å²) in [7, 11) is 0. The van der Waals surface area contributed by atoms with E-state index in [9.17, 15) is 22.8 Å². The number of nitrogens with zero attached hydrogens (tertiary/aromatic N) is 1. The number of ether oxygens (including phenoxy) is 1. The zero-order valence-electron chi connectivity index (χ0n) is 13.7. The van der Waals surface area contributed by atoms with Crippen molar-refractivity contribution in [2.24, 2.45) is 0 Å². The van der Waals surface area contributed by atoms with E-state index in [0.29, 0.717) is 12.2 Å². The number of carbonyl (C=O) groups excluding carboxylic acids is 2. The molecule has 7 heteroatoms. The van der Waals surface area contributed by atoms with Crippen LogP contribution in [0.3, 0.4) is 0 Å². The van der Waals surface area contributed by atoms with Gasteiger partial charge in [0.1, 0.15) is 0 Å². The average Bonchev–Trinajstić information content (AvgIpc) is 2.61. The number of imide groups is 1. The second-order valence-corrected chi connectivity index (χ2v) is 5.53. The molecule has 134 valence electrons. The predicted molar refractivity (Wildman–Crippen MR) is 89.3 cm³/mol. The molecule has 0 fully saturated rings. The highest BCUT2D eigenvalue weighted by atomic mass is 19.4. The van der Waals surface area contributed by atoms with Gasteiger partial charge >= 0.3 is 6.18 Å². The Balaban J connectivity index is 2.15. The largest absolute Gasteiger partial charge is 0.501 e. The monoisotopic (exact) mass is 361 g/mol. The molecule has 0 aromatic heterocycles. The van der Waals surface area contributed by atoms with Gasteiger partial charge in [0, 0.05) is 11.1 Å². The molecule has 0 radical (unpaired) electrons. The van der Waals surface area contributed by atoms with Gasteiger partial charge in [-0.25, -0.2) is 4.90 Å². The molecule has 2 aromatic carbocycles. The topological polar surface area (TPSA) is 46.6 Å².